The van der Waals surface area contributed by atoms with Crippen LogP contribution >= 0.6 is 0 Å². The first-order chi connectivity index (χ1) is 8.56. The molecular weight excluding hydrogens is 230 g/mol. The first-order valence-corrected chi connectivity index (χ1v) is 6.46. The third-order valence-corrected chi connectivity index (χ3v) is 3.46. The summed E-state index contributed by atoms with van der Waals surface area (Å²) in [4.78, 5) is 20.8. The van der Waals surface area contributed by atoms with Gasteiger partial charge in [0.2, 0.25) is 0 Å². The van der Waals surface area contributed by atoms with Crippen LogP contribution in [0.5, 0.6) is 0 Å². The lowest BCUT2D eigenvalue weighted by Gasteiger charge is -2.26. The van der Waals surface area contributed by atoms with E-state index in [0.29, 0.717) is 6.10 Å². The van der Waals surface area contributed by atoms with Crippen molar-refractivity contribution in [3.8, 4) is 0 Å². The number of aromatic nitrogens is 2. The first-order valence-electron chi connectivity index (χ1n) is 6.46. The number of likely N-dealkylation sites (N-methyl/N-ethyl adjacent to an activating group) is 1. The molecule has 0 radical (unpaired) electrons. The summed E-state index contributed by atoms with van der Waals surface area (Å²) in [6, 6.07) is 1.60. The molecule has 0 amide bonds. The molecule has 1 aromatic rings. The van der Waals surface area contributed by atoms with Crippen molar-refractivity contribution in [1.29, 1.82) is 0 Å². The second-order valence-electron chi connectivity index (χ2n) is 5.02. The molecule has 1 fully saturated rings. The van der Waals surface area contributed by atoms with Crippen molar-refractivity contribution < 1.29 is 4.74 Å². The van der Waals surface area contributed by atoms with E-state index in [4.69, 9.17) is 4.74 Å². The SMILES string of the molecule is Cc1cc(=O)[nH]c([C@H](C)N(C)C[C@@H]2CCCO2)n1. The Kier molecular flexibility index (Phi) is 4.14. The van der Waals surface area contributed by atoms with Crippen molar-refractivity contribution in [1.82, 2.24) is 14.9 Å². The van der Waals surface area contributed by atoms with Gasteiger partial charge in [0.1, 0.15) is 5.82 Å². The Morgan fingerprint density at radius 3 is 3.06 bits per heavy atom. The van der Waals surface area contributed by atoms with Crippen molar-refractivity contribution in [2.24, 2.45) is 0 Å². The van der Waals surface area contributed by atoms with Crippen molar-refractivity contribution in [3.05, 3.63) is 27.9 Å². The predicted octanol–water partition coefficient (Wildman–Crippen LogP) is 1.25. The Labute approximate surface area is 107 Å². The van der Waals surface area contributed by atoms with Gasteiger partial charge in [-0.15, -0.1) is 0 Å². The lowest BCUT2D eigenvalue weighted by atomic mass is 10.2. The molecule has 1 aliphatic rings. The Hall–Kier alpha value is -1.20. The largest absolute Gasteiger partial charge is 0.377 e. The Bertz CT molecular complexity index is 452. The Morgan fingerprint density at radius 1 is 1.67 bits per heavy atom. The number of aromatic amines is 1. The van der Waals surface area contributed by atoms with Gasteiger partial charge >= 0.3 is 0 Å². The smallest absolute Gasteiger partial charge is 0.251 e. The molecule has 0 unspecified atom stereocenters. The normalized spacial score (nSPS) is 21.4. The van der Waals surface area contributed by atoms with E-state index < -0.39 is 0 Å². The fraction of sp³-hybridized carbons (Fsp3) is 0.692. The van der Waals surface area contributed by atoms with Crippen LogP contribution < -0.4 is 5.56 Å². The maximum atomic E-state index is 11.4. The zero-order valence-electron chi connectivity index (χ0n) is 11.3. The van der Waals surface area contributed by atoms with Gasteiger partial charge in [-0.1, -0.05) is 0 Å². The lowest BCUT2D eigenvalue weighted by molar-refractivity contribution is 0.0691. The predicted molar refractivity (Wildman–Crippen MR) is 69.6 cm³/mol. The average Bonchev–Trinajstić information content (AvgIpc) is 2.79. The van der Waals surface area contributed by atoms with Crippen molar-refractivity contribution >= 4 is 0 Å². The van der Waals surface area contributed by atoms with Crippen LogP contribution in [0.25, 0.3) is 0 Å². The number of nitrogens with zero attached hydrogens (tertiary/aromatic N) is 2. The second kappa shape index (κ2) is 5.63. The van der Waals surface area contributed by atoms with Crippen LogP contribution in [0.3, 0.4) is 0 Å². The number of hydrogen-bond acceptors (Lipinski definition) is 4. The van der Waals surface area contributed by atoms with Gasteiger partial charge in [0.15, 0.2) is 0 Å². The highest BCUT2D eigenvalue weighted by atomic mass is 16.5. The fourth-order valence-electron chi connectivity index (χ4n) is 2.28. The topological polar surface area (TPSA) is 58.2 Å². The second-order valence-corrected chi connectivity index (χ2v) is 5.02. The van der Waals surface area contributed by atoms with E-state index in [9.17, 15) is 4.79 Å². The summed E-state index contributed by atoms with van der Waals surface area (Å²) >= 11 is 0. The molecule has 2 rings (SSSR count). The molecule has 0 bridgehead atoms. The number of H-pyrrole nitrogens is 1. The van der Waals surface area contributed by atoms with Crippen LogP contribution in [-0.2, 0) is 4.74 Å². The van der Waals surface area contributed by atoms with Crippen LogP contribution in [0.4, 0.5) is 0 Å². The molecule has 2 heterocycles. The van der Waals surface area contributed by atoms with Gasteiger partial charge in [0, 0.05) is 24.9 Å². The van der Waals surface area contributed by atoms with E-state index in [1.54, 1.807) is 0 Å². The van der Waals surface area contributed by atoms with Gasteiger partial charge < -0.3 is 9.72 Å². The van der Waals surface area contributed by atoms with E-state index in [2.05, 4.69) is 14.9 Å². The molecule has 18 heavy (non-hydrogen) atoms. The third kappa shape index (κ3) is 3.17. The van der Waals surface area contributed by atoms with Crippen LogP contribution in [0.15, 0.2) is 10.9 Å². The summed E-state index contributed by atoms with van der Waals surface area (Å²) in [5, 5.41) is 0. The highest BCUT2D eigenvalue weighted by molar-refractivity contribution is 5.03. The van der Waals surface area contributed by atoms with Gasteiger partial charge in [0.25, 0.3) is 5.56 Å². The molecule has 5 heteroatoms. The van der Waals surface area contributed by atoms with Crippen LogP contribution in [0, 0.1) is 6.92 Å². The standard InChI is InChI=1S/C13H21N3O2/c1-9-7-12(17)15-13(14-9)10(2)16(3)8-11-5-4-6-18-11/h7,10-11H,4-6,8H2,1-3H3,(H,14,15,17)/t10-,11-/m0/s1. The maximum Gasteiger partial charge on any atom is 0.251 e. The molecule has 1 saturated heterocycles. The van der Waals surface area contributed by atoms with Crippen LogP contribution in [-0.4, -0.2) is 41.2 Å². The van der Waals surface area contributed by atoms with E-state index in [1.807, 2.05) is 20.9 Å². The Morgan fingerprint density at radius 2 is 2.44 bits per heavy atom. The number of ether oxygens (including phenoxy) is 1. The van der Waals surface area contributed by atoms with E-state index in [1.165, 1.54) is 6.07 Å². The van der Waals surface area contributed by atoms with Crippen LogP contribution in [0.1, 0.15) is 37.3 Å². The molecular formula is C13H21N3O2. The zero-order chi connectivity index (χ0) is 13.1. The third-order valence-electron chi connectivity index (χ3n) is 3.46. The summed E-state index contributed by atoms with van der Waals surface area (Å²) in [5.41, 5.74) is 0.668. The van der Waals surface area contributed by atoms with Gasteiger partial charge in [-0.3, -0.25) is 9.69 Å². The molecule has 100 valence electrons. The molecule has 0 aromatic carbocycles. The first kappa shape index (κ1) is 13.2. The van der Waals surface area contributed by atoms with Crippen molar-refractivity contribution in [2.45, 2.75) is 38.8 Å². The number of hydrogen-bond donors (Lipinski definition) is 1. The minimum Gasteiger partial charge on any atom is -0.377 e. The van der Waals surface area contributed by atoms with Gasteiger partial charge in [0.05, 0.1) is 12.1 Å². The zero-order valence-corrected chi connectivity index (χ0v) is 11.3. The molecule has 0 aliphatic carbocycles. The van der Waals surface area contributed by atoms with Gasteiger partial charge in [-0.25, -0.2) is 4.98 Å². The summed E-state index contributed by atoms with van der Waals surface area (Å²) < 4.78 is 5.62. The molecule has 1 aliphatic heterocycles. The molecule has 5 nitrogen and oxygen atoms in total. The number of aryl methyl sites for hydroxylation is 1. The molecule has 1 N–H and O–H groups in total. The fourth-order valence-corrected chi connectivity index (χ4v) is 2.28. The summed E-state index contributed by atoms with van der Waals surface area (Å²) in [6.07, 6.45) is 2.58. The van der Waals surface area contributed by atoms with Crippen molar-refractivity contribution in [3.63, 3.8) is 0 Å². The average molecular weight is 251 g/mol. The van der Waals surface area contributed by atoms with E-state index in [0.717, 1.165) is 37.5 Å². The van der Waals surface area contributed by atoms with E-state index in [-0.39, 0.29) is 11.6 Å². The molecule has 2 atom stereocenters. The summed E-state index contributed by atoms with van der Waals surface area (Å²) in [6.45, 7) is 5.63. The van der Waals surface area contributed by atoms with E-state index >= 15 is 0 Å². The minimum atomic E-state index is -0.0881. The highest BCUT2D eigenvalue weighted by Gasteiger charge is 2.21. The maximum absolute atomic E-state index is 11.4. The quantitative estimate of drug-likeness (QED) is 0.875. The molecule has 1 aromatic heterocycles. The van der Waals surface area contributed by atoms with Crippen LogP contribution in [0.2, 0.25) is 0 Å². The van der Waals surface area contributed by atoms with Gasteiger partial charge in [-0.05, 0) is 33.7 Å². The monoisotopic (exact) mass is 251 g/mol. The number of rotatable bonds is 4. The van der Waals surface area contributed by atoms with Crippen molar-refractivity contribution in [2.75, 3.05) is 20.2 Å². The number of nitrogens with one attached hydrogen (secondary N) is 1. The minimum absolute atomic E-state index is 0.0850. The highest BCUT2D eigenvalue weighted by Crippen LogP contribution is 2.18. The summed E-state index contributed by atoms with van der Waals surface area (Å²) in [5.74, 6) is 0.723. The summed E-state index contributed by atoms with van der Waals surface area (Å²) in [7, 11) is 2.04. The molecule has 0 spiro atoms. The molecule has 0 saturated carbocycles. The lowest BCUT2D eigenvalue weighted by Crippen LogP contribution is -2.32. The Balaban J connectivity index is 2.04. The van der Waals surface area contributed by atoms with Gasteiger partial charge in [-0.2, -0.15) is 0 Å².